The average molecular weight is 427 g/mol. The van der Waals surface area contributed by atoms with E-state index in [1.807, 2.05) is 59.3 Å². The van der Waals surface area contributed by atoms with Crippen LogP contribution in [0.25, 0.3) is 11.0 Å². The zero-order valence-corrected chi connectivity index (χ0v) is 18.1. The zero-order valence-electron chi connectivity index (χ0n) is 18.1. The maximum absolute atomic E-state index is 12.7. The van der Waals surface area contributed by atoms with Gasteiger partial charge in [0, 0.05) is 30.5 Å². The largest absolute Gasteiger partial charge is 0.348 e. The fourth-order valence-corrected chi connectivity index (χ4v) is 4.47. The van der Waals surface area contributed by atoms with E-state index in [0.29, 0.717) is 18.7 Å². The second-order valence-electron chi connectivity index (χ2n) is 8.52. The molecule has 0 spiro atoms. The molecule has 0 aliphatic carbocycles. The van der Waals surface area contributed by atoms with Crippen LogP contribution in [0.15, 0.2) is 72.8 Å². The van der Waals surface area contributed by atoms with Crippen molar-refractivity contribution in [2.75, 3.05) is 13.1 Å². The third-order valence-corrected chi connectivity index (χ3v) is 6.28. The number of hydrogen-bond donors (Lipinski definition) is 2. The summed E-state index contributed by atoms with van der Waals surface area (Å²) >= 11 is 0. The molecule has 6 nitrogen and oxygen atoms in total. The summed E-state index contributed by atoms with van der Waals surface area (Å²) in [4.78, 5) is 14.4. The van der Waals surface area contributed by atoms with Crippen LogP contribution in [0, 0.1) is 0 Å². The van der Waals surface area contributed by atoms with Gasteiger partial charge in [-0.05, 0) is 35.4 Å². The Kier molecular flexibility index (Phi) is 5.94. The summed E-state index contributed by atoms with van der Waals surface area (Å²) in [6.45, 7) is 4.70. The van der Waals surface area contributed by atoms with Crippen LogP contribution in [0.5, 0.6) is 0 Å². The molecule has 1 fully saturated rings. The number of nitrogens with zero attached hydrogens (tertiary/aromatic N) is 3. The van der Waals surface area contributed by atoms with E-state index in [2.05, 4.69) is 33.8 Å². The molecule has 0 radical (unpaired) electrons. The van der Waals surface area contributed by atoms with E-state index in [1.54, 1.807) is 4.90 Å². The summed E-state index contributed by atoms with van der Waals surface area (Å²) in [6, 6.07) is 24.1. The summed E-state index contributed by atoms with van der Waals surface area (Å²) in [6.07, 6.45) is 2.63. The van der Waals surface area contributed by atoms with Gasteiger partial charge in [-0.1, -0.05) is 53.7 Å². The van der Waals surface area contributed by atoms with Gasteiger partial charge in [-0.3, -0.25) is 4.79 Å². The number of benzene rings is 3. The van der Waals surface area contributed by atoms with Crippen LogP contribution in [0.1, 0.15) is 39.9 Å². The highest BCUT2D eigenvalue weighted by Crippen LogP contribution is 2.13. The number of quaternary nitrogens is 1. The fourth-order valence-electron chi connectivity index (χ4n) is 4.47. The molecule has 1 aliphatic heterocycles. The lowest BCUT2D eigenvalue weighted by molar-refractivity contribution is -0.901. The smallest absolute Gasteiger partial charge is 0.251 e. The minimum absolute atomic E-state index is 0.0499. The van der Waals surface area contributed by atoms with Gasteiger partial charge < -0.3 is 10.2 Å². The van der Waals surface area contributed by atoms with Crippen LogP contribution in [-0.2, 0) is 19.6 Å². The van der Waals surface area contributed by atoms with Crippen molar-refractivity contribution in [1.29, 1.82) is 0 Å². The molecule has 4 aromatic rings. The Labute approximate surface area is 187 Å². The third-order valence-electron chi connectivity index (χ3n) is 6.28. The predicted molar refractivity (Wildman–Crippen MR) is 124 cm³/mol. The lowest BCUT2D eigenvalue weighted by Crippen LogP contribution is -3.08. The first-order valence-electron chi connectivity index (χ1n) is 11.3. The maximum atomic E-state index is 12.7. The lowest BCUT2D eigenvalue weighted by atomic mass is 10.1. The van der Waals surface area contributed by atoms with Crippen molar-refractivity contribution in [3.05, 3.63) is 95.1 Å². The van der Waals surface area contributed by atoms with E-state index >= 15 is 0 Å². The van der Waals surface area contributed by atoms with Gasteiger partial charge in [-0.25, -0.2) is 4.68 Å². The van der Waals surface area contributed by atoms with Crippen molar-refractivity contribution in [1.82, 2.24) is 20.3 Å². The Hall–Kier alpha value is -3.51. The SMILES string of the molecule is O=C(NCc1ccccc1C[NH+]1CCCC1)c1ccc(Cn2nnc3ccccc32)cc1. The summed E-state index contributed by atoms with van der Waals surface area (Å²) < 4.78 is 1.88. The highest BCUT2D eigenvalue weighted by molar-refractivity contribution is 5.94. The fraction of sp³-hybridized carbons (Fsp3) is 0.269. The van der Waals surface area contributed by atoms with Crippen LogP contribution in [-0.4, -0.2) is 34.0 Å². The average Bonchev–Trinajstić information content (AvgIpc) is 3.49. The maximum Gasteiger partial charge on any atom is 0.251 e. The van der Waals surface area contributed by atoms with E-state index < -0.39 is 0 Å². The Morgan fingerprint density at radius 2 is 1.62 bits per heavy atom. The number of amides is 1. The molecule has 2 heterocycles. The molecular formula is C26H28N5O+. The number of fused-ring (bicyclic) bond motifs is 1. The minimum Gasteiger partial charge on any atom is -0.348 e. The number of hydrogen-bond acceptors (Lipinski definition) is 3. The molecule has 0 bridgehead atoms. The van der Waals surface area contributed by atoms with Crippen molar-refractivity contribution < 1.29 is 9.69 Å². The van der Waals surface area contributed by atoms with E-state index in [4.69, 9.17) is 0 Å². The standard InChI is InChI=1S/C26H27N5O/c32-26(27-17-22-7-1-2-8-23(22)19-30-15-5-6-16-30)21-13-11-20(12-14-21)18-31-25-10-4-3-9-24(25)28-29-31/h1-4,7-14H,5-6,15-19H2,(H,27,32)/p+1. The first-order chi connectivity index (χ1) is 15.8. The number of aromatic nitrogens is 3. The van der Waals surface area contributed by atoms with E-state index in [0.717, 1.165) is 23.1 Å². The van der Waals surface area contributed by atoms with Crippen LogP contribution in [0.2, 0.25) is 0 Å². The Balaban J connectivity index is 1.21. The number of likely N-dealkylation sites (tertiary alicyclic amines) is 1. The van der Waals surface area contributed by atoms with Gasteiger partial charge in [0.15, 0.2) is 0 Å². The first kappa shape index (κ1) is 20.4. The van der Waals surface area contributed by atoms with E-state index in [9.17, 15) is 4.79 Å². The molecule has 0 saturated carbocycles. The van der Waals surface area contributed by atoms with Crippen molar-refractivity contribution in [3.8, 4) is 0 Å². The Morgan fingerprint density at radius 1 is 0.906 bits per heavy atom. The molecule has 6 heteroatoms. The van der Waals surface area contributed by atoms with Crippen molar-refractivity contribution in [2.45, 2.75) is 32.5 Å². The highest BCUT2D eigenvalue weighted by atomic mass is 16.1. The molecule has 1 saturated heterocycles. The molecular weight excluding hydrogens is 398 g/mol. The first-order valence-corrected chi connectivity index (χ1v) is 11.3. The topological polar surface area (TPSA) is 64.2 Å². The summed E-state index contributed by atoms with van der Waals surface area (Å²) in [5.74, 6) is -0.0499. The van der Waals surface area contributed by atoms with Gasteiger partial charge in [-0.15, -0.1) is 5.10 Å². The van der Waals surface area contributed by atoms with E-state index in [1.165, 1.54) is 37.1 Å². The van der Waals surface area contributed by atoms with Crippen LogP contribution in [0.4, 0.5) is 0 Å². The molecule has 2 N–H and O–H groups in total. The van der Waals surface area contributed by atoms with Gasteiger partial charge in [0.1, 0.15) is 12.1 Å². The monoisotopic (exact) mass is 426 g/mol. The zero-order chi connectivity index (χ0) is 21.8. The molecule has 1 amide bonds. The number of carbonyl (C=O) groups is 1. The molecule has 1 aliphatic rings. The number of carbonyl (C=O) groups excluding carboxylic acids is 1. The molecule has 0 unspecified atom stereocenters. The van der Waals surface area contributed by atoms with Gasteiger partial charge in [0.05, 0.1) is 25.2 Å². The number of para-hydroxylation sites is 1. The normalized spacial score (nSPS) is 14.1. The minimum atomic E-state index is -0.0499. The molecule has 0 atom stereocenters. The lowest BCUT2D eigenvalue weighted by Gasteiger charge is -2.15. The van der Waals surface area contributed by atoms with Crippen LogP contribution >= 0.6 is 0 Å². The molecule has 32 heavy (non-hydrogen) atoms. The molecule has 3 aromatic carbocycles. The second-order valence-corrected chi connectivity index (χ2v) is 8.52. The van der Waals surface area contributed by atoms with E-state index in [-0.39, 0.29) is 5.91 Å². The molecule has 162 valence electrons. The van der Waals surface area contributed by atoms with Gasteiger partial charge in [-0.2, -0.15) is 0 Å². The summed E-state index contributed by atoms with van der Waals surface area (Å²) in [5, 5.41) is 11.5. The summed E-state index contributed by atoms with van der Waals surface area (Å²) in [7, 11) is 0. The van der Waals surface area contributed by atoms with Crippen LogP contribution in [0.3, 0.4) is 0 Å². The van der Waals surface area contributed by atoms with Crippen molar-refractivity contribution >= 4 is 16.9 Å². The Bertz CT molecular complexity index is 1210. The summed E-state index contributed by atoms with van der Waals surface area (Å²) in [5.41, 5.74) is 6.17. The second kappa shape index (κ2) is 9.32. The molecule has 1 aromatic heterocycles. The quantitative estimate of drug-likeness (QED) is 0.478. The highest BCUT2D eigenvalue weighted by Gasteiger charge is 2.17. The predicted octanol–water partition coefficient (Wildman–Crippen LogP) is 2.59. The van der Waals surface area contributed by atoms with Gasteiger partial charge in [0.2, 0.25) is 0 Å². The molecule has 5 rings (SSSR count). The van der Waals surface area contributed by atoms with Crippen molar-refractivity contribution in [2.24, 2.45) is 0 Å². The van der Waals surface area contributed by atoms with Crippen LogP contribution < -0.4 is 10.2 Å². The van der Waals surface area contributed by atoms with Crippen molar-refractivity contribution in [3.63, 3.8) is 0 Å². The third kappa shape index (κ3) is 4.55. The van der Waals surface area contributed by atoms with Gasteiger partial charge >= 0.3 is 0 Å². The van der Waals surface area contributed by atoms with Gasteiger partial charge in [0.25, 0.3) is 5.91 Å². The number of rotatable bonds is 7. The Morgan fingerprint density at radius 3 is 2.44 bits per heavy atom. The number of nitrogens with one attached hydrogen (secondary N) is 2.